The van der Waals surface area contributed by atoms with Crippen molar-refractivity contribution in [3.63, 3.8) is 0 Å². The zero-order chi connectivity index (χ0) is 15.3. The Morgan fingerprint density at radius 1 is 1.19 bits per heavy atom. The predicted molar refractivity (Wildman–Crippen MR) is 75.6 cm³/mol. The van der Waals surface area contributed by atoms with Crippen LogP contribution in [0.1, 0.15) is 0 Å². The van der Waals surface area contributed by atoms with Gasteiger partial charge < -0.3 is 10.6 Å². The van der Waals surface area contributed by atoms with Crippen LogP contribution in [0.3, 0.4) is 0 Å². The topological polar surface area (TPSA) is 140 Å². The fourth-order valence-electron chi connectivity index (χ4n) is 1.38. The number of nitrogens with zero attached hydrogens (tertiary/aromatic N) is 6. The van der Waals surface area contributed by atoms with Gasteiger partial charge in [-0.2, -0.15) is 24.7 Å². The highest BCUT2D eigenvalue weighted by Gasteiger charge is 2.08. The van der Waals surface area contributed by atoms with Crippen LogP contribution in [0.25, 0.3) is 5.95 Å². The van der Waals surface area contributed by atoms with Crippen LogP contribution in [0.15, 0.2) is 12.7 Å². The van der Waals surface area contributed by atoms with Gasteiger partial charge in [-0.1, -0.05) is 0 Å². The molecule has 0 atom stereocenters. The van der Waals surface area contributed by atoms with E-state index in [1.165, 1.54) is 17.3 Å². The second kappa shape index (κ2) is 6.41. The molecule has 0 aromatic carbocycles. The molecule has 0 radical (unpaired) electrons. The van der Waals surface area contributed by atoms with Crippen LogP contribution in [0.2, 0.25) is 0 Å². The maximum atomic E-state index is 10.9. The molecule has 2 rings (SSSR count). The molecule has 0 saturated carbocycles. The van der Waals surface area contributed by atoms with Crippen molar-refractivity contribution in [2.45, 2.75) is 0 Å². The van der Waals surface area contributed by atoms with Crippen molar-refractivity contribution in [3.8, 4) is 5.95 Å². The predicted octanol–water partition coefficient (Wildman–Crippen LogP) is -1.54. The van der Waals surface area contributed by atoms with E-state index in [9.17, 15) is 8.42 Å². The molecule has 0 fully saturated rings. The van der Waals surface area contributed by atoms with E-state index in [-0.39, 0.29) is 6.54 Å². The molecule has 0 amide bonds. The first-order valence-electron chi connectivity index (χ1n) is 5.95. The number of nitrogens with one attached hydrogen (secondary N) is 3. The Kier molecular flexibility index (Phi) is 4.59. The summed E-state index contributed by atoms with van der Waals surface area (Å²) in [5.41, 5.74) is 0. The summed E-state index contributed by atoms with van der Waals surface area (Å²) < 4.78 is 25.6. The standard InChI is InChI=1S/C9H15N9O2S/c1-10-7-15-8(12-3-4-14-21(2,19)20)17-9(16-7)18-6-11-5-13-18/h5-6,14H,3-4H2,1-2H3,(H2,10,12,15,16,17). The Hall–Kier alpha value is -2.34. The van der Waals surface area contributed by atoms with E-state index in [0.29, 0.717) is 24.4 Å². The third-order valence-corrected chi connectivity index (χ3v) is 2.97. The van der Waals surface area contributed by atoms with Gasteiger partial charge in [-0.3, -0.25) is 0 Å². The SMILES string of the molecule is CNc1nc(NCCNS(C)(=O)=O)nc(-n2cncn2)n1. The van der Waals surface area contributed by atoms with Crippen LogP contribution in [-0.4, -0.2) is 64.5 Å². The molecular formula is C9H15N9O2S. The minimum Gasteiger partial charge on any atom is -0.357 e. The van der Waals surface area contributed by atoms with Gasteiger partial charge in [0.15, 0.2) is 0 Å². The average molecular weight is 313 g/mol. The third kappa shape index (κ3) is 4.61. The summed E-state index contributed by atoms with van der Waals surface area (Å²) in [7, 11) is -1.54. The van der Waals surface area contributed by atoms with E-state index < -0.39 is 10.0 Å². The second-order valence-electron chi connectivity index (χ2n) is 3.97. The smallest absolute Gasteiger partial charge is 0.258 e. The summed E-state index contributed by atoms with van der Waals surface area (Å²) in [5.74, 6) is 0.953. The molecule has 0 aliphatic carbocycles. The van der Waals surface area contributed by atoms with Gasteiger partial charge in [-0.25, -0.2) is 18.1 Å². The molecule has 2 aromatic rings. The van der Waals surface area contributed by atoms with Gasteiger partial charge in [-0.05, 0) is 0 Å². The Morgan fingerprint density at radius 2 is 1.95 bits per heavy atom. The molecule has 0 saturated heterocycles. The molecule has 0 bridgehead atoms. The lowest BCUT2D eigenvalue weighted by Gasteiger charge is -2.08. The lowest BCUT2D eigenvalue weighted by atomic mass is 10.6. The molecule has 114 valence electrons. The first kappa shape index (κ1) is 15.1. The number of hydrogen-bond acceptors (Lipinski definition) is 9. The monoisotopic (exact) mass is 313 g/mol. The van der Waals surface area contributed by atoms with Crippen LogP contribution in [0.5, 0.6) is 0 Å². The number of aromatic nitrogens is 6. The molecule has 11 nitrogen and oxygen atoms in total. The van der Waals surface area contributed by atoms with Gasteiger partial charge in [-0.15, -0.1) is 0 Å². The highest BCUT2D eigenvalue weighted by atomic mass is 32.2. The number of anilines is 2. The summed E-state index contributed by atoms with van der Waals surface area (Å²) in [6, 6.07) is 0. The number of hydrogen-bond donors (Lipinski definition) is 3. The molecule has 2 aromatic heterocycles. The van der Waals surface area contributed by atoms with Crippen molar-refractivity contribution in [2.75, 3.05) is 37.0 Å². The van der Waals surface area contributed by atoms with E-state index in [2.05, 4.69) is 40.4 Å². The quantitative estimate of drug-likeness (QED) is 0.518. The van der Waals surface area contributed by atoms with Crippen LogP contribution in [0, 0.1) is 0 Å². The van der Waals surface area contributed by atoms with E-state index in [0.717, 1.165) is 6.26 Å². The zero-order valence-corrected chi connectivity index (χ0v) is 12.3. The van der Waals surface area contributed by atoms with Crippen molar-refractivity contribution < 1.29 is 8.42 Å². The third-order valence-electron chi connectivity index (χ3n) is 2.24. The van der Waals surface area contributed by atoms with E-state index in [1.807, 2.05) is 0 Å². The van der Waals surface area contributed by atoms with Crippen LogP contribution < -0.4 is 15.4 Å². The Morgan fingerprint density at radius 3 is 2.57 bits per heavy atom. The molecule has 0 spiro atoms. The van der Waals surface area contributed by atoms with E-state index in [1.54, 1.807) is 7.05 Å². The fourth-order valence-corrected chi connectivity index (χ4v) is 1.85. The maximum absolute atomic E-state index is 10.9. The summed E-state index contributed by atoms with van der Waals surface area (Å²) in [5, 5.41) is 9.65. The average Bonchev–Trinajstić information content (AvgIpc) is 2.96. The summed E-state index contributed by atoms with van der Waals surface area (Å²) in [6.45, 7) is 0.551. The highest BCUT2D eigenvalue weighted by molar-refractivity contribution is 7.88. The minimum absolute atomic E-state index is 0.220. The van der Waals surface area contributed by atoms with Crippen molar-refractivity contribution in [1.82, 2.24) is 34.4 Å². The number of sulfonamides is 1. The number of rotatable bonds is 7. The van der Waals surface area contributed by atoms with Gasteiger partial charge in [0, 0.05) is 20.1 Å². The summed E-state index contributed by atoms with van der Waals surface area (Å²) in [6.07, 6.45) is 3.92. The lowest BCUT2D eigenvalue weighted by Crippen LogP contribution is -2.28. The highest BCUT2D eigenvalue weighted by Crippen LogP contribution is 2.07. The van der Waals surface area contributed by atoms with Crippen LogP contribution in [0.4, 0.5) is 11.9 Å². The van der Waals surface area contributed by atoms with Gasteiger partial charge in [0.2, 0.25) is 21.9 Å². The Bertz CT molecular complexity index is 685. The molecule has 0 aliphatic heterocycles. The van der Waals surface area contributed by atoms with Crippen LogP contribution >= 0.6 is 0 Å². The molecule has 21 heavy (non-hydrogen) atoms. The van der Waals surface area contributed by atoms with E-state index >= 15 is 0 Å². The molecule has 0 unspecified atom stereocenters. The van der Waals surface area contributed by atoms with E-state index in [4.69, 9.17) is 0 Å². The largest absolute Gasteiger partial charge is 0.357 e. The Labute approximate surface area is 121 Å². The minimum atomic E-state index is -3.21. The summed E-state index contributed by atoms with van der Waals surface area (Å²) >= 11 is 0. The van der Waals surface area contributed by atoms with Gasteiger partial charge >= 0.3 is 0 Å². The molecule has 3 N–H and O–H groups in total. The van der Waals surface area contributed by atoms with Crippen molar-refractivity contribution in [2.24, 2.45) is 0 Å². The van der Waals surface area contributed by atoms with Crippen molar-refractivity contribution >= 4 is 21.9 Å². The first-order valence-corrected chi connectivity index (χ1v) is 7.84. The second-order valence-corrected chi connectivity index (χ2v) is 5.80. The Balaban J connectivity index is 2.07. The summed E-state index contributed by atoms with van der Waals surface area (Å²) in [4.78, 5) is 16.2. The maximum Gasteiger partial charge on any atom is 0.258 e. The molecule has 2 heterocycles. The fraction of sp³-hybridized carbons (Fsp3) is 0.444. The molecule has 0 aliphatic rings. The normalized spacial score (nSPS) is 11.3. The van der Waals surface area contributed by atoms with Gasteiger partial charge in [0.25, 0.3) is 5.95 Å². The first-order chi connectivity index (χ1) is 9.98. The van der Waals surface area contributed by atoms with Crippen molar-refractivity contribution in [3.05, 3.63) is 12.7 Å². The molecular weight excluding hydrogens is 298 g/mol. The lowest BCUT2D eigenvalue weighted by molar-refractivity contribution is 0.589. The van der Waals surface area contributed by atoms with Crippen LogP contribution in [-0.2, 0) is 10.0 Å². The molecule has 12 heteroatoms. The van der Waals surface area contributed by atoms with Gasteiger partial charge in [0.05, 0.1) is 6.26 Å². The zero-order valence-electron chi connectivity index (χ0n) is 11.5. The van der Waals surface area contributed by atoms with Crippen molar-refractivity contribution in [1.29, 1.82) is 0 Å². The van der Waals surface area contributed by atoms with Gasteiger partial charge in [0.1, 0.15) is 12.7 Å².